The SMILES string of the molecule is C=C(C)C(=O)CCCCCCc1c2ccccc2c(C=O)c2ccccc12. The van der Waals surface area contributed by atoms with Crippen LogP contribution in [0.3, 0.4) is 0 Å². The van der Waals surface area contributed by atoms with E-state index in [1.807, 2.05) is 36.4 Å². The zero-order valence-corrected chi connectivity index (χ0v) is 16.0. The van der Waals surface area contributed by atoms with Crippen LogP contribution in [-0.4, -0.2) is 12.1 Å². The fraction of sp³-hybridized carbons (Fsp3) is 0.280. The van der Waals surface area contributed by atoms with Gasteiger partial charge in [0.05, 0.1) is 0 Å². The summed E-state index contributed by atoms with van der Waals surface area (Å²) in [5.41, 5.74) is 2.76. The van der Waals surface area contributed by atoms with Crippen LogP contribution in [0.5, 0.6) is 0 Å². The zero-order chi connectivity index (χ0) is 19.2. The molecule has 0 heterocycles. The van der Waals surface area contributed by atoms with Gasteiger partial charge in [-0.1, -0.05) is 68.0 Å². The van der Waals surface area contributed by atoms with Crippen LogP contribution >= 0.6 is 0 Å². The normalized spacial score (nSPS) is 11.0. The van der Waals surface area contributed by atoms with Crippen LogP contribution in [0.2, 0.25) is 0 Å². The number of unbranched alkanes of at least 4 members (excludes halogenated alkanes) is 3. The summed E-state index contributed by atoms with van der Waals surface area (Å²) < 4.78 is 0. The molecule has 0 radical (unpaired) electrons. The number of hydrogen-bond donors (Lipinski definition) is 0. The third-order valence-corrected chi connectivity index (χ3v) is 5.26. The van der Waals surface area contributed by atoms with Crippen LogP contribution < -0.4 is 0 Å². The Morgan fingerprint density at radius 2 is 1.37 bits per heavy atom. The lowest BCUT2D eigenvalue weighted by Gasteiger charge is -2.14. The number of Topliss-reactive ketones (excluding diaryl/α,β-unsaturated/α-hetero) is 1. The largest absolute Gasteiger partial charge is 0.298 e. The third-order valence-electron chi connectivity index (χ3n) is 5.26. The summed E-state index contributed by atoms with van der Waals surface area (Å²) in [5, 5.41) is 4.42. The number of aldehydes is 1. The van der Waals surface area contributed by atoms with Crippen molar-refractivity contribution < 1.29 is 9.59 Å². The van der Waals surface area contributed by atoms with E-state index in [4.69, 9.17) is 0 Å². The Balaban J connectivity index is 1.79. The topological polar surface area (TPSA) is 34.1 Å². The molecule has 3 aromatic carbocycles. The van der Waals surface area contributed by atoms with Gasteiger partial charge in [0.2, 0.25) is 0 Å². The maximum atomic E-state index is 11.7. The molecule has 2 heteroatoms. The summed E-state index contributed by atoms with van der Waals surface area (Å²) in [4.78, 5) is 23.4. The summed E-state index contributed by atoms with van der Waals surface area (Å²) in [6.07, 6.45) is 6.73. The van der Waals surface area contributed by atoms with Gasteiger partial charge in [-0.2, -0.15) is 0 Å². The van der Waals surface area contributed by atoms with Crippen LogP contribution in [0.25, 0.3) is 21.5 Å². The first-order chi connectivity index (χ1) is 13.1. The quantitative estimate of drug-likeness (QED) is 0.191. The molecule has 0 fully saturated rings. The molecule has 0 aliphatic carbocycles. The van der Waals surface area contributed by atoms with Gasteiger partial charge in [-0.3, -0.25) is 9.59 Å². The van der Waals surface area contributed by atoms with E-state index in [0.29, 0.717) is 12.0 Å². The van der Waals surface area contributed by atoms with Crippen molar-refractivity contribution in [2.45, 2.75) is 45.4 Å². The molecule has 0 atom stereocenters. The number of ketones is 1. The molecule has 0 saturated carbocycles. The molecule has 0 aliphatic heterocycles. The second-order valence-corrected chi connectivity index (χ2v) is 7.22. The fourth-order valence-electron chi connectivity index (χ4n) is 3.80. The van der Waals surface area contributed by atoms with Crippen molar-refractivity contribution in [1.82, 2.24) is 0 Å². The van der Waals surface area contributed by atoms with E-state index in [0.717, 1.165) is 54.7 Å². The lowest BCUT2D eigenvalue weighted by molar-refractivity contribution is -0.115. The number of hydrogen-bond acceptors (Lipinski definition) is 2. The molecule has 138 valence electrons. The monoisotopic (exact) mass is 358 g/mol. The minimum Gasteiger partial charge on any atom is -0.298 e. The summed E-state index contributed by atoms with van der Waals surface area (Å²) in [5.74, 6) is 0.177. The van der Waals surface area contributed by atoms with Crippen LogP contribution in [0, 0.1) is 0 Å². The van der Waals surface area contributed by atoms with Crippen molar-refractivity contribution in [2.75, 3.05) is 0 Å². The Hall–Kier alpha value is -2.74. The van der Waals surface area contributed by atoms with Crippen LogP contribution in [0.4, 0.5) is 0 Å². The molecule has 2 nitrogen and oxygen atoms in total. The summed E-state index contributed by atoms with van der Waals surface area (Å²) in [6.45, 7) is 5.49. The van der Waals surface area contributed by atoms with Gasteiger partial charge < -0.3 is 0 Å². The number of carbonyl (C=O) groups is 2. The summed E-state index contributed by atoms with van der Waals surface area (Å²) in [7, 11) is 0. The molecule has 0 saturated heterocycles. The maximum Gasteiger partial charge on any atom is 0.157 e. The lowest BCUT2D eigenvalue weighted by Crippen LogP contribution is -1.98. The van der Waals surface area contributed by atoms with Crippen LogP contribution in [0.1, 0.15) is 54.9 Å². The Bertz CT molecular complexity index is 941. The van der Waals surface area contributed by atoms with E-state index in [1.54, 1.807) is 6.92 Å². The van der Waals surface area contributed by atoms with Crippen LogP contribution in [-0.2, 0) is 11.2 Å². The number of fused-ring (bicyclic) bond motifs is 2. The number of rotatable bonds is 9. The van der Waals surface area contributed by atoms with E-state index >= 15 is 0 Å². The Morgan fingerprint density at radius 3 is 1.89 bits per heavy atom. The average molecular weight is 358 g/mol. The van der Waals surface area contributed by atoms with Crippen molar-refractivity contribution in [1.29, 1.82) is 0 Å². The standard InChI is InChI=1S/C25H26O2/c1-18(2)25(27)16-6-4-3-5-11-19-20-12-7-9-14-22(20)24(17-26)23-15-10-8-13-21(19)23/h7-10,12-15,17H,1,3-6,11,16H2,2H3. The van der Waals surface area contributed by atoms with Gasteiger partial charge in [-0.15, -0.1) is 0 Å². The van der Waals surface area contributed by atoms with Crippen molar-refractivity contribution in [3.8, 4) is 0 Å². The average Bonchev–Trinajstić information content (AvgIpc) is 2.69. The molecular weight excluding hydrogens is 332 g/mol. The van der Waals surface area contributed by atoms with E-state index in [-0.39, 0.29) is 5.78 Å². The summed E-state index contributed by atoms with van der Waals surface area (Å²) >= 11 is 0. The van der Waals surface area contributed by atoms with E-state index in [1.165, 1.54) is 16.3 Å². The predicted molar refractivity (Wildman–Crippen MR) is 113 cm³/mol. The van der Waals surface area contributed by atoms with E-state index < -0.39 is 0 Å². The molecule has 0 unspecified atom stereocenters. The molecule has 3 aromatic rings. The predicted octanol–water partition coefficient (Wildman–Crippen LogP) is 6.44. The minimum absolute atomic E-state index is 0.177. The molecular formula is C25H26O2. The molecule has 3 rings (SSSR count). The molecule has 0 aromatic heterocycles. The molecule has 0 N–H and O–H groups in total. The van der Waals surface area contributed by atoms with Crippen molar-refractivity contribution >= 4 is 33.6 Å². The molecule has 0 amide bonds. The van der Waals surface area contributed by atoms with Gasteiger partial charge in [0, 0.05) is 12.0 Å². The van der Waals surface area contributed by atoms with Gasteiger partial charge in [0.1, 0.15) is 0 Å². The van der Waals surface area contributed by atoms with Gasteiger partial charge in [-0.05, 0) is 58.9 Å². The summed E-state index contributed by atoms with van der Waals surface area (Å²) in [6, 6.07) is 16.4. The minimum atomic E-state index is 0.177. The van der Waals surface area contributed by atoms with Gasteiger partial charge in [-0.25, -0.2) is 0 Å². The smallest absolute Gasteiger partial charge is 0.157 e. The second-order valence-electron chi connectivity index (χ2n) is 7.22. The second kappa shape index (κ2) is 8.77. The molecule has 0 spiro atoms. The highest BCUT2D eigenvalue weighted by atomic mass is 16.1. The van der Waals surface area contributed by atoms with Gasteiger partial charge >= 0.3 is 0 Å². The first-order valence-electron chi connectivity index (χ1n) is 9.69. The fourth-order valence-corrected chi connectivity index (χ4v) is 3.80. The zero-order valence-electron chi connectivity index (χ0n) is 16.0. The highest BCUT2D eigenvalue weighted by Crippen LogP contribution is 2.33. The van der Waals surface area contributed by atoms with E-state index in [2.05, 4.69) is 18.7 Å². The Morgan fingerprint density at radius 1 is 0.852 bits per heavy atom. The lowest BCUT2D eigenvalue weighted by atomic mass is 9.89. The van der Waals surface area contributed by atoms with E-state index in [9.17, 15) is 9.59 Å². The van der Waals surface area contributed by atoms with Crippen LogP contribution in [0.15, 0.2) is 60.7 Å². The Kier molecular flexibility index (Phi) is 6.18. The van der Waals surface area contributed by atoms with Crippen molar-refractivity contribution in [3.05, 3.63) is 71.8 Å². The maximum absolute atomic E-state index is 11.7. The first kappa shape index (κ1) is 19.0. The first-order valence-corrected chi connectivity index (χ1v) is 9.69. The van der Waals surface area contributed by atoms with Crippen molar-refractivity contribution in [3.63, 3.8) is 0 Å². The molecule has 27 heavy (non-hydrogen) atoms. The third kappa shape index (κ3) is 4.16. The van der Waals surface area contributed by atoms with Gasteiger partial charge in [0.25, 0.3) is 0 Å². The molecule has 0 aliphatic rings. The number of allylic oxidation sites excluding steroid dienone is 1. The highest BCUT2D eigenvalue weighted by molar-refractivity contribution is 6.14. The number of carbonyl (C=O) groups excluding carboxylic acids is 2. The molecule has 0 bridgehead atoms. The Labute approximate surface area is 160 Å². The highest BCUT2D eigenvalue weighted by Gasteiger charge is 2.12. The van der Waals surface area contributed by atoms with Crippen molar-refractivity contribution in [2.24, 2.45) is 0 Å². The number of aryl methyl sites for hydroxylation is 1. The van der Waals surface area contributed by atoms with Gasteiger partial charge in [0.15, 0.2) is 12.1 Å². The number of benzene rings is 3.